The highest BCUT2D eigenvalue weighted by molar-refractivity contribution is 5.92. The molecule has 0 saturated heterocycles. The Hall–Kier alpha value is -2.87. The van der Waals surface area contributed by atoms with E-state index in [1.165, 1.54) is 6.20 Å². The summed E-state index contributed by atoms with van der Waals surface area (Å²) in [6, 6.07) is 12.7. The number of aromatic nitrogens is 1. The zero-order chi connectivity index (χ0) is 15.2. The van der Waals surface area contributed by atoms with Crippen molar-refractivity contribution in [3.63, 3.8) is 0 Å². The number of carbonyl (C=O) groups excluding carboxylic acids is 1. The molecule has 5 heteroatoms. The van der Waals surface area contributed by atoms with E-state index in [0.717, 1.165) is 11.3 Å². The van der Waals surface area contributed by atoms with E-state index in [-0.39, 0.29) is 5.91 Å². The van der Waals surface area contributed by atoms with E-state index < -0.39 is 0 Å². The number of hydrogen-bond donors (Lipinski definition) is 0. The number of ether oxygens (including phenoxy) is 1. The van der Waals surface area contributed by atoms with E-state index in [4.69, 9.17) is 10.00 Å². The van der Waals surface area contributed by atoms with Crippen LogP contribution in [0.25, 0.3) is 0 Å². The summed E-state index contributed by atoms with van der Waals surface area (Å²) >= 11 is 0. The molecule has 21 heavy (non-hydrogen) atoms. The lowest BCUT2D eigenvalue weighted by atomic mass is 10.2. The molecule has 0 spiro atoms. The van der Waals surface area contributed by atoms with Crippen molar-refractivity contribution in [2.24, 2.45) is 0 Å². The molecule has 1 heterocycles. The van der Waals surface area contributed by atoms with E-state index >= 15 is 0 Å². The molecule has 2 aromatic rings. The minimum atomic E-state index is -0.203. The number of benzene rings is 1. The summed E-state index contributed by atoms with van der Waals surface area (Å²) in [7, 11) is 3.30. The zero-order valence-corrected chi connectivity index (χ0v) is 11.9. The van der Waals surface area contributed by atoms with Gasteiger partial charge in [0.2, 0.25) is 0 Å². The maximum absolute atomic E-state index is 12.3. The van der Waals surface area contributed by atoms with Crippen LogP contribution in [0.15, 0.2) is 42.6 Å². The van der Waals surface area contributed by atoms with Gasteiger partial charge < -0.3 is 9.64 Å². The number of rotatable bonds is 4. The number of carbonyl (C=O) groups is 1. The zero-order valence-electron chi connectivity index (χ0n) is 11.9. The van der Waals surface area contributed by atoms with Crippen molar-refractivity contribution < 1.29 is 9.53 Å². The summed E-state index contributed by atoms with van der Waals surface area (Å²) in [6.45, 7) is 0.421. The maximum atomic E-state index is 12.3. The first-order valence-corrected chi connectivity index (χ1v) is 6.39. The smallest absolute Gasteiger partial charge is 0.272 e. The summed E-state index contributed by atoms with van der Waals surface area (Å²) in [6.07, 6.45) is 1.39. The molecule has 0 bridgehead atoms. The standard InChI is InChI=1S/C16H15N3O2/c1-19(11-13-5-3-4-6-15(13)21-2)16(20)14-8-7-12(9-17)10-18-14/h3-8,10H,11H2,1-2H3. The third kappa shape index (κ3) is 3.37. The Kier molecular flexibility index (Phi) is 4.52. The molecule has 0 aliphatic carbocycles. The average molecular weight is 281 g/mol. The second kappa shape index (κ2) is 6.53. The third-order valence-corrected chi connectivity index (χ3v) is 3.06. The van der Waals surface area contributed by atoms with E-state index in [1.807, 2.05) is 30.3 Å². The van der Waals surface area contributed by atoms with Crippen LogP contribution in [0.1, 0.15) is 21.6 Å². The fourth-order valence-corrected chi connectivity index (χ4v) is 1.94. The second-order valence-electron chi connectivity index (χ2n) is 4.52. The van der Waals surface area contributed by atoms with Gasteiger partial charge in [-0.2, -0.15) is 5.26 Å². The molecule has 1 amide bonds. The van der Waals surface area contributed by atoms with Gasteiger partial charge in [0.1, 0.15) is 17.5 Å². The number of nitriles is 1. The molecule has 0 saturated carbocycles. The lowest BCUT2D eigenvalue weighted by Gasteiger charge is -2.18. The van der Waals surface area contributed by atoms with Gasteiger partial charge in [-0.05, 0) is 18.2 Å². The SMILES string of the molecule is COc1ccccc1CN(C)C(=O)c1ccc(C#N)cn1. The van der Waals surface area contributed by atoms with Gasteiger partial charge in [0.15, 0.2) is 0 Å². The monoisotopic (exact) mass is 281 g/mol. The molecule has 2 rings (SSSR count). The van der Waals surface area contributed by atoms with Crippen molar-refractivity contribution >= 4 is 5.91 Å². The predicted octanol–water partition coefficient (Wildman–Crippen LogP) is 2.23. The summed E-state index contributed by atoms with van der Waals surface area (Å²) in [5.41, 5.74) is 1.66. The second-order valence-corrected chi connectivity index (χ2v) is 4.52. The first-order valence-electron chi connectivity index (χ1n) is 6.39. The largest absolute Gasteiger partial charge is 0.496 e. The van der Waals surface area contributed by atoms with Gasteiger partial charge >= 0.3 is 0 Å². The van der Waals surface area contributed by atoms with E-state index in [9.17, 15) is 4.79 Å². The molecular formula is C16H15N3O2. The summed E-state index contributed by atoms with van der Waals surface area (Å²) < 4.78 is 5.27. The molecule has 0 radical (unpaired) electrons. The number of methoxy groups -OCH3 is 1. The normalized spacial score (nSPS) is 9.76. The number of hydrogen-bond acceptors (Lipinski definition) is 4. The molecule has 1 aromatic heterocycles. The van der Waals surface area contributed by atoms with Crippen LogP contribution in [0.2, 0.25) is 0 Å². The van der Waals surface area contributed by atoms with Gasteiger partial charge in [-0.25, -0.2) is 4.98 Å². The molecular weight excluding hydrogens is 266 g/mol. The summed E-state index contributed by atoms with van der Waals surface area (Å²) in [5, 5.41) is 8.73. The first-order chi connectivity index (χ1) is 10.2. The van der Waals surface area contributed by atoms with Gasteiger partial charge in [-0.3, -0.25) is 4.79 Å². The summed E-state index contributed by atoms with van der Waals surface area (Å²) in [5.74, 6) is 0.537. The van der Waals surface area contributed by atoms with Crippen molar-refractivity contribution in [1.82, 2.24) is 9.88 Å². The van der Waals surface area contributed by atoms with Gasteiger partial charge in [-0.1, -0.05) is 18.2 Å². The van der Waals surface area contributed by atoms with Crippen LogP contribution in [-0.2, 0) is 6.54 Å². The fraction of sp³-hybridized carbons (Fsp3) is 0.188. The number of pyridine rings is 1. The molecule has 0 N–H and O–H groups in total. The lowest BCUT2D eigenvalue weighted by molar-refractivity contribution is 0.0778. The Balaban J connectivity index is 2.13. The van der Waals surface area contributed by atoms with Crippen molar-refractivity contribution in [1.29, 1.82) is 5.26 Å². The molecule has 0 aliphatic rings. The Labute approximate surface area is 123 Å². The minimum absolute atomic E-state index is 0.203. The van der Waals surface area contributed by atoms with Crippen LogP contribution >= 0.6 is 0 Å². The molecule has 106 valence electrons. The third-order valence-electron chi connectivity index (χ3n) is 3.06. The number of nitrogens with zero attached hydrogens (tertiary/aromatic N) is 3. The Morgan fingerprint density at radius 2 is 2.10 bits per heavy atom. The van der Waals surface area contributed by atoms with Gasteiger partial charge in [0, 0.05) is 25.4 Å². The van der Waals surface area contributed by atoms with Crippen LogP contribution in [0, 0.1) is 11.3 Å². The van der Waals surface area contributed by atoms with E-state index in [1.54, 1.807) is 31.2 Å². The number of para-hydroxylation sites is 1. The minimum Gasteiger partial charge on any atom is -0.496 e. The van der Waals surface area contributed by atoms with Crippen LogP contribution in [0.4, 0.5) is 0 Å². The Morgan fingerprint density at radius 3 is 2.71 bits per heavy atom. The fourth-order valence-electron chi connectivity index (χ4n) is 1.94. The van der Waals surface area contributed by atoms with E-state index in [2.05, 4.69) is 4.98 Å². The molecule has 0 atom stereocenters. The van der Waals surface area contributed by atoms with Crippen LogP contribution in [-0.4, -0.2) is 29.9 Å². The highest BCUT2D eigenvalue weighted by atomic mass is 16.5. The Bertz CT molecular complexity index is 675. The van der Waals surface area contributed by atoms with Gasteiger partial charge in [0.05, 0.1) is 12.7 Å². The average Bonchev–Trinajstić information content (AvgIpc) is 2.54. The summed E-state index contributed by atoms with van der Waals surface area (Å²) in [4.78, 5) is 17.9. The molecule has 0 unspecified atom stereocenters. The Morgan fingerprint density at radius 1 is 1.33 bits per heavy atom. The van der Waals surface area contributed by atoms with Crippen molar-refractivity contribution in [2.75, 3.05) is 14.2 Å². The topological polar surface area (TPSA) is 66.2 Å². The molecule has 1 aromatic carbocycles. The van der Waals surface area contributed by atoms with Gasteiger partial charge in [0.25, 0.3) is 5.91 Å². The highest BCUT2D eigenvalue weighted by Crippen LogP contribution is 2.19. The number of amides is 1. The molecule has 0 fully saturated rings. The lowest BCUT2D eigenvalue weighted by Crippen LogP contribution is -2.27. The van der Waals surface area contributed by atoms with Crippen molar-refractivity contribution in [2.45, 2.75) is 6.54 Å². The highest BCUT2D eigenvalue weighted by Gasteiger charge is 2.15. The van der Waals surface area contributed by atoms with Crippen LogP contribution in [0.3, 0.4) is 0 Å². The van der Waals surface area contributed by atoms with Crippen LogP contribution in [0.5, 0.6) is 5.75 Å². The first kappa shape index (κ1) is 14.5. The molecule has 0 aliphatic heterocycles. The van der Waals surface area contributed by atoms with Crippen molar-refractivity contribution in [3.8, 4) is 11.8 Å². The van der Waals surface area contributed by atoms with E-state index in [0.29, 0.717) is 17.8 Å². The maximum Gasteiger partial charge on any atom is 0.272 e. The molecule has 5 nitrogen and oxygen atoms in total. The van der Waals surface area contributed by atoms with Crippen LogP contribution < -0.4 is 4.74 Å². The quantitative estimate of drug-likeness (QED) is 0.862. The predicted molar refractivity (Wildman–Crippen MR) is 77.7 cm³/mol. The van der Waals surface area contributed by atoms with Gasteiger partial charge in [-0.15, -0.1) is 0 Å². The van der Waals surface area contributed by atoms with Crippen molar-refractivity contribution in [3.05, 3.63) is 59.4 Å².